The first-order chi connectivity index (χ1) is 8.90. The number of carboxylic acid groups (broad SMARTS) is 1. The summed E-state index contributed by atoms with van der Waals surface area (Å²) >= 11 is 0. The summed E-state index contributed by atoms with van der Waals surface area (Å²) in [5.41, 5.74) is 12.2. The van der Waals surface area contributed by atoms with Gasteiger partial charge in [0.05, 0.1) is 12.2 Å². The number of hydrogen-bond acceptors (Lipinski definition) is 5. The van der Waals surface area contributed by atoms with Crippen molar-refractivity contribution < 1.29 is 19.4 Å². The monoisotopic (exact) mass is 264 g/mol. The van der Waals surface area contributed by atoms with Crippen molar-refractivity contribution in [3.8, 4) is 0 Å². The molecule has 5 N–H and O–H groups in total. The molecular formula is C13H16N2O4. The minimum absolute atomic E-state index is 0.0873. The highest BCUT2D eigenvalue weighted by Gasteiger charge is 2.09. The van der Waals surface area contributed by atoms with Gasteiger partial charge in [0.2, 0.25) is 0 Å². The fourth-order valence-electron chi connectivity index (χ4n) is 1.44. The molecule has 0 amide bonds. The fourth-order valence-corrected chi connectivity index (χ4v) is 1.44. The van der Waals surface area contributed by atoms with E-state index in [4.69, 9.17) is 21.3 Å². The van der Waals surface area contributed by atoms with Crippen molar-refractivity contribution in [2.24, 2.45) is 0 Å². The second-order valence-electron chi connectivity index (χ2n) is 4.04. The number of nitrogen functional groups attached to an aromatic ring is 2. The maximum atomic E-state index is 11.7. The smallest absolute Gasteiger partial charge is 0.338 e. The lowest BCUT2D eigenvalue weighted by molar-refractivity contribution is -0.132. The van der Waals surface area contributed by atoms with Crippen LogP contribution in [-0.2, 0) is 9.53 Å². The molecule has 0 spiro atoms. The zero-order chi connectivity index (χ0) is 14.4. The number of ether oxygens (including phenoxy) is 1. The Morgan fingerprint density at radius 3 is 2.32 bits per heavy atom. The molecule has 19 heavy (non-hydrogen) atoms. The molecule has 1 aromatic rings. The van der Waals surface area contributed by atoms with Crippen molar-refractivity contribution in [1.29, 1.82) is 0 Å². The van der Waals surface area contributed by atoms with E-state index in [0.717, 1.165) is 0 Å². The maximum absolute atomic E-state index is 11.7. The third-order valence-electron chi connectivity index (χ3n) is 2.37. The second kappa shape index (κ2) is 6.44. The van der Waals surface area contributed by atoms with Crippen LogP contribution in [0.4, 0.5) is 11.4 Å². The van der Waals surface area contributed by atoms with E-state index in [1.165, 1.54) is 18.2 Å². The topological polar surface area (TPSA) is 116 Å². The van der Waals surface area contributed by atoms with Crippen molar-refractivity contribution in [2.75, 3.05) is 18.1 Å². The van der Waals surface area contributed by atoms with Gasteiger partial charge in [0.15, 0.2) is 0 Å². The number of carbonyl (C=O) groups excluding carboxylic acids is 1. The Kier molecular flexibility index (Phi) is 4.93. The van der Waals surface area contributed by atoms with Crippen LogP contribution in [0.5, 0.6) is 0 Å². The molecule has 0 heterocycles. The Labute approximate surface area is 110 Å². The predicted octanol–water partition coefficient (Wildman–Crippen LogP) is 1.43. The van der Waals surface area contributed by atoms with E-state index in [-0.39, 0.29) is 24.2 Å². The lowest BCUT2D eigenvalue weighted by atomic mass is 10.1. The molecule has 6 nitrogen and oxygen atoms in total. The average molecular weight is 264 g/mol. The molecule has 0 fully saturated rings. The summed E-state index contributed by atoms with van der Waals surface area (Å²) in [6, 6.07) is 4.47. The van der Waals surface area contributed by atoms with Crippen LogP contribution in [-0.4, -0.2) is 23.7 Å². The van der Waals surface area contributed by atoms with Crippen LogP contribution in [0.15, 0.2) is 30.4 Å². The fraction of sp³-hybridized carbons (Fsp3) is 0.231. The van der Waals surface area contributed by atoms with Crippen LogP contribution in [0.1, 0.15) is 23.2 Å². The summed E-state index contributed by atoms with van der Waals surface area (Å²) in [6.45, 7) is 3.49. The zero-order valence-corrected chi connectivity index (χ0v) is 10.4. The van der Waals surface area contributed by atoms with Crippen molar-refractivity contribution >= 4 is 23.3 Å². The molecule has 1 aromatic carbocycles. The summed E-state index contributed by atoms with van der Waals surface area (Å²) in [4.78, 5) is 22.1. The van der Waals surface area contributed by atoms with Crippen LogP contribution in [0.2, 0.25) is 0 Å². The Morgan fingerprint density at radius 1 is 1.21 bits per heavy atom. The molecule has 102 valence electrons. The van der Waals surface area contributed by atoms with Gasteiger partial charge in [0, 0.05) is 16.9 Å². The van der Waals surface area contributed by atoms with E-state index >= 15 is 0 Å². The number of carbonyl (C=O) groups is 2. The van der Waals surface area contributed by atoms with Gasteiger partial charge in [0.1, 0.15) is 0 Å². The highest BCUT2D eigenvalue weighted by molar-refractivity contribution is 5.91. The lowest BCUT2D eigenvalue weighted by Gasteiger charge is -2.06. The van der Waals surface area contributed by atoms with Crippen LogP contribution in [0.25, 0.3) is 0 Å². The van der Waals surface area contributed by atoms with Gasteiger partial charge in [-0.25, -0.2) is 9.59 Å². The number of esters is 1. The number of nitrogens with two attached hydrogens (primary N) is 2. The van der Waals surface area contributed by atoms with Gasteiger partial charge in [-0.05, 0) is 31.0 Å². The van der Waals surface area contributed by atoms with Crippen LogP contribution in [0, 0.1) is 0 Å². The number of benzene rings is 1. The van der Waals surface area contributed by atoms with Gasteiger partial charge < -0.3 is 21.3 Å². The summed E-state index contributed by atoms with van der Waals surface area (Å²) in [6.07, 6.45) is 0.663. The largest absolute Gasteiger partial charge is 0.478 e. The first kappa shape index (κ1) is 14.6. The zero-order valence-electron chi connectivity index (χ0n) is 10.4. The van der Waals surface area contributed by atoms with Gasteiger partial charge in [-0.1, -0.05) is 6.58 Å². The first-order valence-electron chi connectivity index (χ1n) is 5.64. The Bertz CT molecular complexity index is 491. The summed E-state index contributed by atoms with van der Waals surface area (Å²) in [5, 5.41) is 8.59. The average Bonchev–Trinajstić information content (AvgIpc) is 2.32. The third kappa shape index (κ3) is 4.71. The molecule has 0 aromatic heterocycles. The van der Waals surface area contributed by atoms with Gasteiger partial charge in [-0.2, -0.15) is 0 Å². The lowest BCUT2D eigenvalue weighted by Crippen LogP contribution is -2.08. The minimum atomic E-state index is -1.05. The molecule has 0 bridgehead atoms. The van der Waals surface area contributed by atoms with Gasteiger partial charge in [0.25, 0.3) is 0 Å². The SMILES string of the molecule is C=C(CCCOC(=O)c1cc(N)cc(N)c1)C(=O)O. The minimum Gasteiger partial charge on any atom is -0.478 e. The highest BCUT2D eigenvalue weighted by Crippen LogP contribution is 2.14. The van der Waals surface area contributed by atoms with Crippen molar-refractivity contribution in [2.45, 2.75) is 12.8 Å². The highest BCUT2D eigenvalue weighted by atomic mass is 16.5. The van der Waals surface area contributed by atoms with Gasteiger partial charge in [-0.3, -0.25) is 0 Å². The molecule has 6 heteroatoms. The Morgan fingerprint density at radius 2 is 1.79 bits per heavy atom. The molecule has 0 aliphatic rings. The van der Waals surface area contributed by atoms with E-state index in [1.807, 2.05) is 0 Å². The summed E-state index contributed by atoms with van der Waals surface area (Å²) in [5.74, 6) is -1.59. The molecule has 0 saturated carbocycles. The van der Waals surface area contributed by atoms with E-state index in [1.54, 1.807) is 0 Å². The van der Waals surface area contributed by atoms with Crippen LogP contribution >= 0.6 is 0 Å². The molecule has 0 aliphatic heterocycles. The third-order valence-corrected chi connectivity index (χ3v) is 2.37. The van der Waals surface area contributed by atoms with E-state index in [2.05, 4.69) is 6.58 Å². The van der Waals surface area contributed by atoms with E-state index in [9.17, 15) is 9.59 Å². The van der Waals surface area contributed by atoms with Crippen molar-refractivity contribution in [3.63, 3.8) is 0 Å². The molecular weight excluding hydrogens is 248 g/mol. The molecule has 0 atom stereocenters. The van der Waals surface area contributed by atoms with E-state index < -0.39 is 11.9 Å². The van der Waals surface area contributed by atoms with Crippen LogP contribution < -0.4 is 11.5 Å². The number of rotatable bonds is 6. The molecule has 0 aliphatic carbocycles. The van der Waals surface area contributed by atoms with Gasteiger partial charge in [-0.15, -0.1) is 0 Å². The van der Waals surface area contributed by atoms with Gasteiger partial charge >= 0.3 is 11.9 Å². The Balaban J connectivity index is 2.43. The number of carboxylic acids is 1. The van der Waals surface area contributed by atoms with Crippen molar-refractivity contribution in [1.82, 2.24) is 0 Å². The number of anilines is 2. The summed E-state index contributed by atoms with van der Waals surface area (Å²) in [7, 11) is 0. The second-order valence-corrected chi connectivity index (χ2v) is 4.04. The standard InChI is InChI=1S/C13H16N2O4/c1-8(12(16)17)3-2-4-19-13(18)9-5-10(14)7-11(15)6-9/h5-7H,1-4,14-15H2,(H,16,17). The predicted molar refractivity (Wildman–Crippen MR) is 71.6 cm³/mol. The molecule has 0 radical (unpaired) electrons. The molecule has 0 saturated heterocycles. The quantitative estimate of drug-likeness (QED) is 0.310. The van der Waals surface area contributed by atoms with Crippen LogP contribution in [0.3, 0.4) is 0 Å². The normalized spacial score (nSPS) is 9.89. The van der Waals surface area contributed by atoms with Crippen molar-refractivity contribution in [3.05, 3.63) is 35.9 Å². The molecule has 0 unspecified atom stereocenters. The first-order valence-corrected chi connectivity index (χ1v) is 5.64. The summed E-state index contributed by atoms with van der Waals surface area (Å²) < 4.78 is 4.98. The van der Waals surface area contributed by atoms with E-state index in [0.29, 0.717) is 17.8 Å². The maximum Gasteiger partial charge on any atom is 0.338 e. The molecule has 1 rings (SSSR count). The Hall–Kier alpha value is -2.50. The number of aliphatic carboxylic acids is 1. The number of hydrogen-bond donors (Lipinski definition) is 3.